The number of aliphatic hydroxyl groups excluding tert-OH is 1. The molecule has 2 N–H and O–H groups in total. The SMILES string of the molecule is OCC(CNC1CC2CC1C1CCCC21)Cc1ccccn1. The van der Waals surface area contributed by atoms with Crippen LogP contribution in [0, 0.1) is 29.6 Å². The van der Waals surface area contributed by atoms with Crippen LogP contribution in [0.15, 0.2) is 24.4 Å². The lowest BCUT2D eigenvalue weighted by atomic mass is 9.79. The summed E-state index contributed by atoms with van der Waals surface area (Å²) < 4.78 is 0. The van der Waals surface area contributed by atoms with Crippen molar-refractivity contribution in [2.24, 2.45) is 29.6 Å². The minimum atomic E-state index is 0.246. The van der Waals surface area contributed by atoms with E-state index in [4.69, 9.17) is 0 Å². The van der Waals surface area contributed by atoms with Gasteiger partial charge in [-0.05, 0) is 73.8 Å². The van der Waals surface area contributed by atoms with Crippen LogP contribution in [0.1, 0.15) is 37.8 Å². The molecule has 3 heteroatoms. The van der Waals surface area contributed by atoms with Crippen molar-refractivity contribution in [2.75, 3.05) is 13.2 Å². The fraction of sp³-hybridized carbons (Fsp3) is 0.737. The molecule has 1 aromatic rings. The van der Waals surface area contributed by atoms with Gasteiger partial charge in [0.1, 0.15) is 0 Å². The lowest BCUT2D eigenvalue weighted by Gasteiger charge is -2.33. The van der Waals surface area contributed by atoms with Crippen molar-refractivity contribution in [1.82, 2.24) is 10.3 Å². The topological polar surface area (TPSA) is 45.1 Å². The molecule has 1 aromatic heterocycles. The van der Waals surface area contributed by atoms with E-state index in [0.717, 1.165) is 42.3 Å². The van der Waals surface area contributed by atoms with E-state index in [0.29, 0.717) is 6.04 Å². The minimum absolute atomic E-state index is 0.246. The molecule has 3 saturated carbocycles. The first-order valence-corrected chi connectivity index (χ1v) is 9.09. The Bertz CT molecular complexity index is 491. The summed E-state index contributed by atoms with van der Waals surface area (Å²) in [6.07, 6.45) is 10.0. The molecule has 0 saturated heterocycles. The highest BCUT2D eigenvalue weighted by atomic mass is 16.3. The van der Waals surface area contributed by atoms with Crippen LogP contribution in [0.4, 0.5) is 0 Å². The predicted octanol–water partition coefficient (Wildman–Crippen LogP) is 2.65. The normalized spacial score (nSPS) is 37.4. The molecule has 3 aliphatic carbocycles. The lowest BCUT2D eigenvalue weighted by Crippen LogP contribution is -2.42. The van der Waals surface area contributed by atoms with E-state index in [-0.39, 0.29) is 12.5 Å². The maximum atomic E-state index is 9.68. The highest BCUT2D eigenvalue weighted by Crippen LogP contribution is 2.58. The van der Waals surface area contributed by atoms with E-state index in [9.17, 15) is 5.11 Å². The Balaban J connectivity index is 1.31. The average Bonchev–Trinajstić information content (AvgIpc) is 3.24. The number of nitrogens with one attached hydrogen (secondary N) is 1. The summed E-state index contributed by atoms with van der Waals surface area (Å²) in [5.74, 6) is 4.28. The number of rotatable bonds is 6. The maximum Gasteiger partial charge on any atom is 0.0475 e. The Morgan fingerprint density at radius 1 is 1.18 bits per heavy atom. The molecular weight excluding hydrogens is 272 g/mol. The molecule has 0 spiro atoms. The number of aromatic nitrogens is 1. The molecule has 4 rings (SSSR count). The Labute approximate surface area is 133 Å². The van der Waals surface area contributed by atoms with Crippen molar-refractivity contribution >= 4 is 0 Å². The van der Waals surface area contributed by atoms with Crippen LogP contribution in [0.5, 0.6) is 0 Å². The van der Waals surface area contributed by atoms with Gasteiger partial charge in [-0.3, -0.25) is 4.98 Å². The van der Waals surface area contributed by atoms with Crippen LogP contribution >= 0.6 is 0 Å². The fourth-order valence-electron chi connectivity index (χ4n) is 5.64. The number of aliphatic hydroxyl groups is 1. The van der Waals surface area contributed by atoms with Gasteiger partial charge in [0.05, 0.1) is 0 Å². The second-order valence-corrected chi connectivity index (χ2v) is 7.74. The molecule has 0 amide bonds. The first-order chi connectivity index (χ1) is 10.8. The van der Waals surface area contributed by atoms with E-state index in [1.807, 2.05) is 18.3 Å². The third kappa shape index (κ3) is 2.69. The number of nitrogens with zero attached hydrogens (tertiary/aromatic N) is 1. The lowest BCUT2D eigenvalue weighted by molar-refractivity contribution is 0.182. The summed E-state index contributed by atoms with van der Waals surface area (Å²) in [5, 5.41) is 13.5. The monoisotopic (exact) mass is 300 g/mol. The molecule has 3 fully saturated rings. The Hall–Kier alpha value is -0.930. The van der Waals surface area contributed by atoms with E-state index in [1.165, 1.54) is 32.1 Å². The molecule has 6 unspecified atom stereocenters. The van der Waals surface area contributed by atoms with Crippen molar-refractivity contribution in [2.45, 2.75) is 44.6 Å². The predicted molar refractivity (Wildman–Crippen MR) is 87.4 cm³/mol. The zero-order valence-corrected chi connectivity index (χ0v) is 13.3. The van der Waals surface area contributed by atoms with Crippen LogP contribution in [0.2, 0.25) is 0 Å². The van der Waals surface area contributed by atoms with Gasteiger partial charge in [0.25, 0.3) is 0 Å². The Morgan fingerprint density at radius 3 is 2.91 bits per heavy atom. The molecule has 1 heterocycles. The highest BCUT2D eigenvalue weighted by molar-refractivity contribution is 5.07. The molecule has 0 aromatic carbocycles. The van der Waals surface area contributed by atoms with Gasteiger partial charge in [0.2, 0.25) is 0 Å². The smallest absolute Gasteiger partial charge is 0.0475 e. The summed E-state index contributed by atoms with van der Waals surface area (Å²) in [5.41, 5.74) is 1.09. The Morgan fingerprint density at radius 2 is 2.09 bits per heavy atom. The summed E-state index contributed by atoms with van der Waals surface area (Å²) in [7, 11) is 0. The van der Waals surface area contributed by atoms with Gasteiger partial charge in [-0.1, -0.05) is 12.5 Å². The standard InChI is InChI=1S/C19H28N2O/c22-12-13(8-15-4-1-2-7-20-15)11-21-19-10-14-9-18(19)17-6-3-5-16(14)17/h1-2,4,7,13-14,16-19,21-22H,3,5-6,8-12H2. The van der Waals surface area contributed by atoms with Crippen molar-refractivity contribution in [1.29, 1.82) is 0 Å². The molecule has 3 nitrogen and oxygen atoms in total. The van der Waals surface area contributed by atoms with Gasteiger partial charge in [0, 0.05) is 31.1 Å². The summed E-state index contributed by atoms with van der Waals surface area (Å²) >= 11 is 0. The zero-order chi connectivity index (χ0) is 14.9. The molecular formula is C19H28N2O. The molecule has 2 bridgehead atoms. The highest BCUT2D eigenvalue weighted by Gasteiger charge is 2.53. The van der Waals surface area contributed by atoms with Crippen LogP contribution in [0.3, 0.4) is 0 Å². The second kappa shape index (κ2) is 6.29. The molecule has 0 radical (unpaired) electrons. The van der Waals surface area contributed by atoms with Crippen molar-refractivity contribution in [3.05, 3.63) is 30.1 Å². The zero-order valence-electron chi connectivity index (χ0n) is 13.3. The van der Waals surface area contributed by atoms with Crippen LogP contribution in [0.25, 0.3) is 0 Å². The second-order valence-electron chi connectivity index (χ2n) is 7.74. The molecule has 6 atom stereocenters. The minimum Gasteiger partial charge on any atom is -0.396 e. The summed E-state index contributed by atoms with van der Waals surface area (Å²) in [6.45, 7) is 1.18. The van der Waals surface area contributed by atoms with E-state index >= 15 is 0 Å². The van der Waals surface area contributed by atoms with Crippen molar-refractivity contribution in [3.8, 4) is 0 Å². The molecule has 3 aliphatic rings. The quantitative estimate of drug-likeness (QED) is 0.849. The third-order valence-electron chi connectivity index (χ3n) is 6.58. The Kier molecular flexibility index (Phi) is 4.19. The fourth-order valence-corrected chi connectivity index (χ4v) is 5.64. The number of pyridine rings is 1. The number of hydrogen-bond acceptors (Lipinski definition) is 3. The van der Waals surface area contributed by atoms with Gasteiger partial charge in [0.15, 0.2) is 0 Å². The van der Waals surface area contributed by atoms with Crippen LogP contribution < -0.4 is 5.32 Å². The van der Waals surface area contributed by atoms with E-state index in [2.05, 4.69) is 16.4 Å². The molecule has 120 valence electrons. The van der Waals surface area contributed by atoms with Gasteiger partial charge in [-0.25, -0.2) is 0 Å². The van der Waals surface area contributed by atoms with Gasteiger partial charge < -0.3 is 10.4 Å². The van der Waals surface area contributed by atoms with E-state index < -0.39 is 0 Å². The molecule has 22 heavy (non-hydrogen) atoms. The summed E-state index contributed by atoms with van der Waals surface area (Å²) in [6, 6.07) is 6.74. The van der Waals surface area contributed by atoms with Gasteiger partial charge >= 0.3 is 0 Å². The van der Waals surface area contributed by atoms with Crippen LogP contribution in [-0.2, 0) is 6.42 Å². The van der Waals surface area contributed by atoms with Crippen molar-refractivity contribution < 1.29 is 5.11 Å². The largest absolute Gasteiger partial charge is 0.396 e. The number of fused-ring (bicyclic) bond motifs is 5. The van der Waals surface area contributed by atoms with Gasteiger partial charge in [-0.2, -0.15) is 0 Å². The first kappa shape index (κ1) is 14.6. The van der Waals surface area contributed by atoms with Gasteiger partial charge in [-0.15, -0.1) is 0 Å². The number of hydrogen-bond donors (Lipinski definition) is 2. The van der Waals surface area contributed by atoms with E-state index in [1.54, 1.807) is 0 Å². The molecule has 0 aliphatic heterocycles. The summed E-state index contributed by atoms with van der Waals surface area (Å²) in [4.78, 5) is 4.39. The first-order valence-electron chi connectivity index (χ1n) is 9.09. The van der Waals surface area contributed by atoms with Crippen molar-refractivity contribution in [3.63, 3.8) is 0 Å². The van der Waals surface area contributed by atoms with Crippen LogP contribution in [-0.4, -0.2) is 29.3 Å². The maximum absolute atomic E-state index is 9.68. The average molecular weight is 300 g/mol. The third-order valence-corrected chi connectivity index (χ3v) is 6.58.